The van der Waals surface area contributed by atoms with Gasteiger partial charge in [0.05, 0.1) is 52.5 Å². The molecule has 2 aromatic heterocycles. The molecule has 0 spiro atoms. The van der Waals surface area contributed by atoms with Crippen molar-refractivity contribution in [2.75, 3.05) is 51.0 Å². The van der Waals surface area contributed by atoms with E-state index in [4.69, 9.17) is 36.8 Å². The van der Waals surface area contributed by atoms with Crippen molar-refractivity contribution >= 4 is 29.0 Å². The second kappa shape index (κ2) is 13.5. The molecule has 0 radical (unpaired) electrons. The number of rotatable bonds is 6. The summed E-state index contributed by atoms with van der Waals surface area (Å²) in [6.45, 7) is 8.59. The fourth-order valence-electron chi connectivity index (χ4n) is 7.94. The monoisotopic (exact) mass is 742 g/mol. The molecule has 2 N–H and O–H groups in total. The predicted molar refractivity (Wildman–Crippen MR) is 185 cm³/mol. The summed E-state index contributed by atoms with van der Waals surface area (Å²) < 4.78 is 73.7. The second-order valence-corrected chi connectivity index (χ2v) is 14.4. The molecule has 4 aliphatic rings. The van der Waals surface area contributed by atoms with Gasteiger partial charge in [0.1, 0.15) is 12.4 Å². The summed E-state index contributed by atoms with van der Waals surface area (Å²) in [4.78, 5) is 28.2. The van der Waals surface area contributed by atoms with Crippen molar-refractivity contribution in [2.45, 2.75) is 76.5 Å². The molecule has 0 saturated carbocycles. The lowest BCUT2D eigenvalue weighted by atomic mass is 9.91. The van der Waals surface area contributed by atoms with Crippen molar-refractivity contribution < 1.29 is 31.8 Å². The van der Waals surface area contributed by atoms with Crippen LogP contribution in [0.2, 0.25) is 5.02 Å². The molecule has 11 nitrogen and oxygen atoms in total. The van der Waals surface area contributed by atoms with E-state index in [0.717, 1.165) is 44.0 Å². The number of anilines is 2. The van der Waals surface area contributed by atoms with Crippen molar-refractivity contribution in [3.63, 3.8) is 0 Å². The lowest BCUT2D eigenvalue weighted by Gasteiger charge is -2.33. The highest BCUT2D eigenvalue weighted by Crippen LogP contribution is 2.45. The minimum atomic E-state index is -4.95. The molecule has 4 aliphatic heterocycles. The summed E-state index contributed by atoms with van der Waals surface area (Å²) in [5, 5.41) is 4.73. The van der Waals surface area contributed by atoms with Crippen molar-refractivity contribution in [3.05, 3.63) is 68.4 Å². The Labute approximate surface area is 303 Å². The standard InChI is InChI=1S/C36H39ClF4N8O3/c1-5-8-21-13-23(42)30(38)27(28(21)36(39,40)41)26-14-24-22(18-51-26)32(44-34(43-24)52-19-35-9-6-11-48(35)16-20(2)15-35)47-10-7-12-49-25(17-47)29(37)31(45-49)33(50)46(3)4/h13,26H,2,6-7,9-12,14-19,42H2,1,3-4H3/t26-,35+/m0/s1. The van der Waals surface area contributed by atoms with Crippen molar-refractivity contribution in [1.82, 2.24) is 29.5 Å². The lowest BCUT2D eigenvalue weighted by Crippen LogP contribution is -2.43. The zero-order valence-corrected chi connectivity index (χ0v) is 29.9. The largest absolute Gasteiger partial charge is 0.461 e. The molecule has 0 aliphatic carbocycles. The van der Waals surface area contributed by atoms with E-state index in [0.29, 0.717) is 48.9 Å². The molecule has 3 aromatic rings. The Kier molecular flexibility index (Phi) is 9.37. The molecule has 52 heavy (non-hydrogen) atoms. The van der Waals surface area contributed by atoms with E-state index in [1.807, 2.05) is 4.90 Å². The number of nitrogens with zero attached hydrogens (tertiary/aromatic N) is 7. The maximum absolute atomic E-state index is 15.7. The normalized spacial score (nSPS) is 21.6. The first-order valence-electron chi connectivity index (χ1n) is 17.1. The Morgan fingerprint density at radius 3 is 2.75 bits per heavy atom. The van der Waals surface area contributed by atoms with Crippen LogP contribution >= 0.6 is 11.6 Å². The molecule has 16 heteroatoms. The van der Waals surface area contributed by atoms with E-state index < -0.39 is 40.5 Å². The van der Waals surface area contributed by atoms with Gasteiger partial charge in [-0.2, -0.15) is 28.2 Å². The number of benzene rings is 1. The van der Waals surface area contributed by atoms with Crippen LogP contribution < -0.4 is 15.4 Å². The van der Waals surface area contributed by atoms with E-state index >= 15 is 4.39 Å². The molecular formula is C36H39ClF4N8O3. The van der Waals surface area contributed by atoms with Crippen molar-refractivity contribution in [3.8, 4) is 17.9 Å². The molecule has 0 bridgehead atoms. The molecule has 2 atom stereocenters. The number of nitrogen functional groups attached to an aromatic ring is 1. The third kappa shape index (κ3) is 6.34. The first kappa shape index (κ1) is 36.0. The summed E-state index contributed by atoms with van der Waals surface area (Å²) >= 11 is 6.77. The number of amides is 1. The maximum Gasteiger partial charge on any atom is 0.418 e. The highest BCUT2D eigenvalue weighted by molar-refractivity contribution is 6.34. The number of alkyl halides is 3. The number of hydrogen-bond donors (Lipinski definition) is 1. The predicted octanol–water partition coefficient (Wildman–Crippen LogP) is 5.54. The van der Waals surface area contributed by atoms with Gasteiger partial charge in [-0.25, -0.2) is 4.39 Å². The summed E-state index contributed by atoms with van der Waals surface area (Å²) in [6, 6.07) is 0.944. The fraction of sp³-hybridized carbons (Fsp3) is 0.500. The van der Waals surface area contributed by atoms with E-state index in [-0.39, 0.29) is 47.7 Å². The van der Waals surface area contributed by atoms with Crippen LogP contribution in [0.15, 0.2) is 18.2 Å². The van der Waals surface area contributed by atoms with Crippen molar-refractivity contribution in [2.24, 2.45) is 0 Å². The molecule has 2 fully saturated rings. The summed E-state index contributed by atoms with van der Waals surface area (Å²) in [5.41, 5.74) is 5.56. The second-order valence-electron chi connectivity index (χ2n) is 14.0. The first-order chi connectivity index (χ1) is 24.7. The Balaban J connectivity index is 1.30. The van der Waals surface area contributed by atoms with Gasteiger partial charge >= 0.3 is 12.2 Å². The summed E-state index contributed by atoms with van der Waals surface area (Å²) in [5.74, 6) is 3.80. The number of nitrogens with two attached hydrogens (primary N) is 1. The van der Waals surface area contributed by atoms with Crippen LogP contribution in [0.5, 0.6) is 6.01 Å². The zero-order valence-electron chi connectivity index (χ0n) is 29.2. The molecule has 1 aromatic carbocycles. The Hall–Kier alpha value is -4.39. The van der Waals surface area contributed by atoms with Crippen LogP contribution in [0, 0.1) is 17.7 Å². The quantitative estimate of drug-likeness (QED) is 0.151. The number of fused-ring (bicyclic) bond motifs is 3. The maximum atomic E-state index is 15.7. The smallest absolute Gasteiger partial charge is 0.418 e. The highest BCUT2D eigenvalue weighted by Gasteiger charge is 2.47. The van der Waals surface area contributed by atoms with Crippen LogP contribution in [-0.2, 0) is 37.0 Å². The van der Waals surface area contributed by atoms with Crippen LogP contribution in [0.25, 0.3) is 0 Å². The van der Waals surface area contributed by atoms with Gasteiger partial charge in [0.25, 0.3) is 5.91 Å². The minimum Gasteiger partial charge on any atom is -0.461 e. The number of carbonyl (C=O) groups excluding carboxylic acids is 1. The third-order valence-corrected chi connectivity index (χ3v) is 10.7. The third-order valence-electron chi connectivity index (χ3n) is 10.3. The van der Waals surface area contributed by atoms with Gasteiger partial charge in [-0.3, -0.25) is 14.4 Å². The van der Waals surface area contributed by atoms with Crippen molar-refractivity contribution in [1.29, 1.82) is 0 Å². The lowest BCUT2D eigenvalue weighted by molar-refractivity contribution is -0.140. The minimum absolute atomic E-state index is 0.0436. The van der Waals surface area contributed by atoms with Gasteiger partial charge < -0.3 is 25.0 Å². The average Bonchev–Trinajstić information content (AvgIpc) is 3.66. The highest BCUT2D eigenvalue weighted by atomic mass is 35.5. The van der Waals surface area contributed by atoms with Gasteiger partial charge in [-0.15, -0.1) is 5.92 Å². The van der Waals surface area contributed by atoms with Gasteiger partial charge in [0.2, 0.25) is 0 Å². The van der Waals surface area contributed by atoms with Crippen LogP contribution in [-0.4, -0.2) is 81.3 Å². The number of carbonyl (C=O) groups is 1. The number of aryl methyl sites for hydroxylation is 1. The summed E-state index contributed by atoms with van der Waals surface area (Å²) in [7, 11) is 3.24. The Bertz CT molecular complexity index is 2020. The Morgan fingerprint density at radius 1 is 1.23 bits per heavy atom. The van der Waals surface area contributed by atoms with Crippen LogP contribution in [0.3, 0.4) is 0 Å². The first-order valence-corrected chi connectivity index (χ1v) is 17.5. The molecule has 276 valence electrons. The number of hydrogen-bond acceptors (Lipinski definition) is 9. The van der Waals surface area contributed by atoms with E-state index in [1.165, 1.54) is 11.8 Å². The van der Waals surface area contributed by atoms with Gasteiger partial charge in [-0.1, -0.05) is 29.7 Å². The van der Waals surface area contributed by atoms with Crippen LogP contribution in [0.4, 0.5) is 29.1 Å². The van der Waals surface area contributed by atoms with Gasteiger partial charge in [-0.05, 0) is 45.2 Å². The molecule has 0 unspecified atom stereocenters. The molecule has 2 saturated heterocycles. The van der Waals surface area contributed by atoms with E-state index in [1.54, 1.807) is 18.8 Å². The van der Waals surface area contributed by atoms with Gasteiger partial charge in [0, 0.05) is 56.8 Å². The number of ether oxygens (including phenoxy) is 2. The average molecular weight is 743 g/mol. The van der Waals surface area contributed by atoms with E-state index in [2.05, 4.69) is 28.4 Å². The molecule has 1 amide bonds. The number of halogens is 5. The number of aromatic nitrogens is 4. The Morgan fingerprint density at radius 2 is 2.02 bits per heavy atom. The van der Waals surface area contributed by atoms with Crippen LogP contribution in [0.1, 0.15) is 82.8 Å². The zero-order chi connectivity index (χ0) is 37.1. The van der Waals surface area contributed by atoms with Gasteiger partial charge in [0.15, 0.2) is 11.5 Å². The molecular weight excluding hydrogens is 704 g/mol. The molecule has 7 rings (SSSR count). The molecule has 6 heterocycles. The summed E-state index contributed by atoms with van der Waals surface area (Å²) in [6.07, 6.45) is -3.22. The van der Waals surface area contributed by atoms with E-state index in [9.17, 15) is 18.0 Å². The SMILES string of the molecule is C=C1CN2CCC[C@]2(COc2nc3c(c(N4CCCn5nc(C(=O)N(C)C)c(Cl)c5C4)n2)CO[C@H](c2c(F)c(N)cc(C#CC)c2C(F)(F)F)C3)C1. The fourth-order valence-corrected chi connectivity index (χ4v) is 8.22. The topological polar surface area (TPSA) is 115 Å².